The lowest BCUT2D eigenvalue weighted by molar-refractivity contribution is 0.527. The van der Waals surface area contributed by atoms with E-state index in [2.05, 4.69) is 45.8 Å². The summed E-state index contributed by atoms with van der Waals surface area (Å²) in [4.78, 5) is 8.57. The van der Waals surface area contributed by atoms with E-state index in [4.69, 9.17) is 0 Å². The Kier molecular flexibility index (Phi) is 3.37. The summed E-state index contributed by atoms with van der Waals surface area (Å²) in [5, 5.41) is 5.70. The Bertz CT molecular complexity index is 710. The van der Waals surface area contributed by atoms with Gasteiger partial charge in [0.05, 0.1) is 0 Å². The van der Waals surface area contributed by atoms with Crippen LogP contribution in [0.3, 0.4) is 0 Å². The summed E-state index contributed by atoms with van der Waals surface area (Å²) in [6.45, 7) is 5.36. The van der Waals surface area contributed by atoms with Gasteiger partial charge in [0.1, 0.15) is 0 Å². The molecule has 0 fully saturated rings. The first-order chi connectivity index (χ1) is 9.74. The molecule has 0 saturated carbocycles. The van der Waals surface area contributed by atoms with E-state index in [0.29, 0.717) is 5.92 Å². The fourth-order valence-corrected chi connectivity index (χ4v) is 2.33. The predicted octanol–water partition coefficient (Wildman–Crippen LogP) is 3.83. The topological polar surface area (TPSA) is 42.7 Å². The van der Waals surface area contributed by atoms with E-state index in [-0.39, 0.29) is 0 Å². The molecule has 0 aliphatic carbocycles. The highest BCUT2D eigenvalue weighted by molar-refractivity contribution is 5.94. The minimum absolute atomic E-state index is 0.585. The Morgan fingerprint density at radius 1 is 1.20 bits per heavy atom. The molecular weight excluding hydrogens is 248 g/mol. The molecule has 0 atom stereocenters. The zero-order chi connectivity index (χ0) is 13.9. The van der Waals surface area contributed by atoms with Gasteiger partial charge in [0.2, 0.25) is 5.95 Å². The summed E-state index contributed by atoms with van der Waals surface area (Å²) < 4.78 is 2.14. The number of anilines is 2. The number of pyridine rings is 1. The highest BCUT2D eigenvalue weighted by Gasteiger charge is 2.07. The molecule has 0 spiro atoms. The van der Waals surface area contributed by atoms with Crippen LogP contribution in [0.5, 0.6) is 0 Å². The molecule has 4 nitrogen and oxygen atoms in total. The molecule has 3 rings (SSSR count). The SMILES string of the molecule is CC(C)Cn1ccnc1Nc1cccc2cnccc12. The average molecular weight is 266 g/mol. The zero-order valence-electron chi connectivity index (χ0n) is 11.7. The average Bonchev–Trinajstić information content (AvgIpc) is 2.86. The van der Waals surface area contributed by atoms with Gasteiger partial charge in [-0.3, -0.25) is 4.98 Å². The number of imidazole rings is 1. The molecular formula is C16H18N4. The van der Waals surface area contributed by atoms with Gasteiger partial charge in [0.25, 0.3) is 0 Å². The normalized spacial score (nSPS) is 11.2. The predicted molar refractivity (Wildman–Crippen MR) is 82.1 cm³/mol. The van der Waals surface area contributed by atoms with Gasteiger partial charge in [-0.15, -0.1) is 0 Å². The number of aromatic nitrogens is 3. The van der Waals surface area contributed by atoms with Gasteiger partial charge in [0.15, 0.2) is 0 Å². The first-order valence-corrected chi connectivity index (χ1v) is 6.85. The van der Waals surface area contributed by atoms with Crippen LogP contribution in [-0.2, 0) is 6.54 Å². The van der Waals surface area contributed by atoms with Crippen molar-refractivity contribution in [3.63, 3.8) is 0 Å². The molecule has 3 aromatic rings. The summed E-state index contributed by atoms with van der Waals surface area (Å²) in [7, 11) is 0. The zero-order valence-corrected chi connectivity index (χ0v) is 11.7. The van der Waals surface area contributed by atoms with Gasteiger partial charge in [0, 0.05) is 47.8 Å². The second-order valence-corrected chi connectivity index (χ2v) is 5.32. The first kappa shape index (κ1) is 12.7. The maximum absolute atomic E-state index is 4.41. The summed E-state index contributed by atoms with van der Waals surface area (Å²) in [6.07, 6.45) is 7.53. The van der Waals surface area contributed by atoms with E-state index >= 15 is 0 Å². The van der Waals surface area contributed by atoms with Gasteiger partial charge in [-0.05, 0) is 18.1 Å². The van der Waals surface area contributed by atoms with Crippen molar-refractivity contribution in [2.45, 2.75) is 20.4 Å². The highest BCUT2D eigenvalue weighted by atomic mass is 15.2. The third-order valence-corrected chi connectivity index (χ3v) is 3.20. The van der Waals surface area contributed by atoms with E-state index in [1.165, 1.54) is 0 Å². The molecule has 1 aromatic carbocycles. The number of hydrogen-bond donors (Lipinski definition) is 1. The number of nitrogens with zero attached hydrogens (tertiary/aromatic N) is 3. The minimum Gasteiger partial charge on any atom is -0.325 e. The molecule has 0 saturated heterocycles. The molecule has 2 aromatic heterocycles. The third kappa shape index (κ3) is 2.50. The molecule has 1 N–H and O–H groups in total. The van der Waals surface area contributed by atoms with Crippen LogP contribution in [0.2, 0.25) is 0 Å². The molecule has 2 heterocycles. The number of fused-ring (bicyclic) bond motifs is 1. The van der Waals surface area contributed by atoms with Crippen LogP contribution in [0.25, 0.3) is 10.8 Å². The molecule has 0 aliphatic heterocycles. The van der Waals surface area contributed by atoms with Gasteiger partial charge >= 0.3 is 0 Å². The van der Waals surface area contributed by atoms with Crippen LogP contribution in [0.15, 0.2) is 49.1 Å². The van der Waals surface area contributed by atoms with Crippen LogP contribution in [0.1, 0.15) is 13.8 Å². The van der Waals surface area contributed by atoms with E-state index < -0.39 is 0 Å². The quantitative estimate of drug-likeness (QED) is 0.780. The fraction of sp³-hybridized carbons (Fsp3) is 0.250. The smallest absolute Gasteiger partial charge is 0.207 e. The van der Waals surface area contributed by atoms with Crippen molar-refractivity contribution in [2.75, 3.05) is 5.32 Å². The second kappa shape index (κ2) is 5.33. The molecule has 102 valence electrons. The number of nitrogens with one attached hydrogen (secondary N) is 1. The Labute approximate surface area is 118 Å². The molecule has 0 aliphatic rings. The molecule has 0 unspecified atom stereocenters. The summed E-state index contributed by atoms with van der Waals surface area (Å²) in [5.74, 6) is 1.46. The monoisotopic (exact) mass is 266 g/mol. The summed E-state index contributed by atoms with van der Waals surface area (Å²) in [6, 6.07) is 8.18. The molecule has 4 heteroatoms. The van der Waals surface area contributed by atoms with Crippen LogP contribution >= 0.6 is 0 Å². The van der Waals surface area contributed by atoms with Crippen LogP contribution in [0.4, 0.5) is 11.6 Å². The minimum atomic E-state index is 0.585. The molecule has 0 bridgehead atoms. The fourth-order valence-electron chi connectivity index (χ4n) is 2.33. The van der Waals surface area contributed by atoms with Crippen molar-refractivity contribution in [1.29, 1.82) is 0 Å². The van der Waals surface area contributed by atoms with E-state index in [0.717, 1.165) is 29.0 Å². The Morgan fingerprint density at radius 2 is 2.10 bits per heavy atom. The van der Waals surface area contributed by atoms with Crippen LogP contribution in [-0.4, -0.2) is 14.5 Å². The van der Waals surface area contributed by atoms with Crippen molar-refractivity contribution in [1.82, 2.24) is 14.5 Å². The maximum atomic E-state index is 4.41. The molecule has 0 radical (unpaired) electrons. The summed E-state index contributed by atoms with van der Waals surface area (Å²) in [5.41, 5.74) is 1.06. The Morgan fingerprint density at radius 3 is 2.95 bits per heavy atom. The van der Waals surface area contributed by atoms with E-state index in [9.17, 15) is 0 Å². The van der Waals surface area contributed by atoms with Crippen molar-refractivity contribution >= 4 is 22.4 Å². The standard InChI is InChI=1S/C16H18N4/c1-12(2)11-20-9-8-18-16(20)19-15-5-3-4-13-10-17-7-6-14(13)15/h3-10,12H,11H2,1-2H3,(H,18,19). The first-order valence-electron chi connectivity index (χ1n) is 6.85. The Balaban J connectivity index is 1.96. The second-order valence-electron chi connectivity index (χ2n) is 5.32. The highest BCUT2D eigenvalue weighted by Crippen LogP contribution is 2.25. The number of hydrogen-bond acceptors (Lipinski definition) is 3. The van der Waals surface area contributed by atoms with E-state index in [1.54, 1.807) is 0 Å². The molecule has 0 amide bonds. The lowest BCUT2D eigenvalue weighted by Crippen LogP contribution is -2.07. The maximum Gasteiger partial charge on any atom is 0.207 e. The van der Waals surface area contributed by atoms with Crippen molar-refractivity contribution in [3.8, 4) is 0 Å². The van der Waals surface area contributed by atoms with Crippen molar-refractivity contribution < 1.29 is 0 Å². The van der Waals surface area contributed by atoms with Crippen LogP contribution in [0, 0.1) is 5.92 Å². The molecule has 20 heavy (non-hydrogen) atoms. The van der Waals surface area contributed by atoms with E-state index in [1.807, 2.05) is 36.9 Å². The van der Waals surface area contributed by atoms with Gasteiger partial charge in [-0.1, -0.05) is 26.0 Å². The lowest BCUT2D eigenvalue weighted by atomic mass is 10.1. The Hall–Kier alpha value is -2.36. The number of benzene rings is 1. The van der Waals surface area contributed by atoms with Gasteiger partial charge < -0.3 is 9.88 Å². The van der Waals surface area contributed by atoms with Crippen molar-refractivity contribution in [2.24, 2.45) is 5.92 Å². The van der Waals surface area contributed by atoms with Gasteiger partial charge in [-0.2, -0.15) is 0 Å². The lowest BCUT2D eigenvalue weighted by Gasteiger charge is -2.13. The number of rotatable bonds is 4. The van der Waals surface area contributed by atoms with Gasteiger partial charge in [-0.25, -0.2) is 4.98 Å². The van der Waals surface area contributed by atoms with Crippen molar-refractivity contribution in [3.05, 3.63) is 49.1 Å². The third-order valence-electron chi connectivity index (χ3n) is 3.20. The largest absolute Gasteiger partial charge is 0.325 e. The van der Waals surface area contributed by atoms with Crippen LogP contribution < -0.4 is 5.32 Å². The summed E-state index contributed by atoms with van der Waals surface area (Å²) >= 11 is 0.